The maximum Gasteiger partial charge on any atom is 0.306 e. The highest BCUT2D eigenvalue weighted by atomic mass is 16.6. The summed E-state index contributed by atoms with van der Waals surface area (Å²) in [5.74, 6) is -2.36. The van der Waals surface area contributed by atoms with Crippen LogP contribution in [-0.2, 0) is 16.0 Å². The van der Waals surface area contributed by atoms with E-state index in [9.17, 15) is 30.3 Å². The lowest BCUT2D eigenvalue weighted by atomic mass is 9.93. The summed E-state index contributed by atoms with van der Waals surface area (Å²) in [5, 5.41) is 50.0. The number of esters is 1. The number of phenolic OH excluding ortho intramolecular Hbond substituents is 5. The molecule has 0 bridgehead atoms. The Morgan fingerprint density at radius 1 is 0.805 bits per heavy atom. The number of hydrogen-bond donors (Lipinski definition) is 5. The molecule has 2 atom stereocenters. The number of allylic oxidation sites excluding steroid dienone is 2. The molecule has 2 aromatic carbocycles. The van der Waals surface area contributed by atoms with E-state index in [2.05, 4.69) is 19.1 Å². The summed E-state index contributed by atoms with van der Waals surface area (Å²) in [5.41, 5.74) is 0.648. The van der Waals surface area contributed by atoms with Crippen LogP contribution in [0.1, 0.15) is 114 Å². The molecular weight excluding hydrogens is 524 g/mol. The Kier molecular flexibility index (Phi) is 13.0. The van der Waals surface area contributed by atoms with Gasteiger partial charge in [0.1, 0.15) is 23.4 Å². The molecule has 0 spiro atoms. The van der Waals surface area contributed by atoms with Gasteiger partial charge in [0, 0.05) is 36.1 Å². The van der Waals surface area contributed by atoms with Crippen molar-refractivity contribution in [1.29, 1.82) is 0 Å². The number of aromatic hydroxyl groups is 5. The first-order valence-electron chi connectivity index (χ1n) is 15.1. The number of unbranched alkanes of at least 4 members (excludes halogenated alkanes) is 11. The minimum absolute atomic E-state index is 0.104. The van der Waals surface area contributed by atoms with Crippen molar-refractivity contribution in [3.05, 3.63) is 47.5 Å². The molecule has 41 heavy (non-hydrogen) atoms. The lowest BCUT2D eigenvalue weighted by Crippen LogP contribution is -2.34. The van der Waals surface area contributed by atoms with E-state index < -0.39 is 35.4 Å². The first-order valence-corrected chi connectivity index (χ1v) is 15.1. The van der Waals surface area contributed by atoms with E-state index in [1.807, 2.05) is 0 Å². The monoisotopic (exact) mass is 570 g/mol. The molecule has 8 nitrogen and oxygen atoms in total. The fourth-order valence-electron chi connectivity index (χ4n) is 5.19. The van der Waals surface area contributed by atoms with Gasteiger partial charge in [0.15, 0.2) is 23.4 Å². The van der Waals surface area contributed by atoms with E-state index in [-0.39, 0.29) is 35.7 Å². The molecule has 0 amide bonds. The molecule has 0 aliphatic carbocycles. The molecule has 226 valence electrons. The van der Waals surface area contributed by atoms with Gasteiger partial charge in [-0.3, -0.25) is 4.79 Å². The van der Waals surface area contributed by atoms with Crippen LogP contribution in [0.5, 0.6) is 34.5 Å². The number of carbonyl (C=O) groups excluding carboxylic acids is 1. The van der Waals surface area contributed by atoms with Crippen molar-refractivity contribution in [2.45, 2.75) is 115 Å². The highest BCUT2D eigenvalue weighted by Gasteiger charge is 2.37. The van der Waals surface area contributed by atoms with Crippen molar-refractivity contribution >= 4 is 5.97 Å². The summed E-state index contributed by atoms with van der Waals surface area (Å²) in [4.78, 5) is 12.7. The average molecular weight is 571 g/mol. The van der Waals surface area contributed by atoms with Crippen molar-refractivity contribution in [2.24, 2.45) is 0 Å². The Morgan fingerprint density at radius 2 is 1.39 bits per heavy atom. The highest BCUT2D eigenvalue weighted by Crippen LogP contribution is 2.45. The second kappa shape index (κ2) is 16.7. The van der Waals surface area contributed by atoms with E-state index in [0.717, 1.165) is 32.1 Å². The van der Waals surface area contributed by atoms with Gasteiger partial charge in [-0.25, -0.2) is 0 Å². The Bertz CT molecular complexity index is 1120. The minimum Gasteiger partial charge on any atom is -0.508 e. The first-order chi connectivity index (χ1) is 19.8. The number of phenols is 5. The van der Waals surface area contributed by atoms with Gasteiger partial charge in [-0.15, -0.1) is 0 Å². The smallest absolute Gasteiger partial charge is 0.306 e. The fourth-order valence-corrected chi connectivity index (χ4v) is 5.19. The van der Waals surface area contributed by atoms with Crippen LogP contribution in [0.3, 0.4) is 0 Å². The highest BCUT2D eigenvalue weighted by molar-refractivity contribution is 5.70. The van der Waals surface area contributed by atoms with Crippen LogP contribution in [0.2, 0.25) is 0 Å². The molecule has 0 unspecified atom stereocenters. The summed E-state index contributed by atoms with van der Waals surface area (Å²) in [7, 11) is 0. The molecule has 0 saturated carbocycles. The van der Waals surface area contributed by atoms with Crippen molar-refractivity contribution in [3.8, 4) is 34.5 Å². The van der Waals surface area contributed by atoms with Crippen LogP contribution in [0.25, 0.3) is 0 Å². The Labute approximate surface area is 243 Å². The molecule has 8 heteroatoms. The Morgan fingerprint density at radius 3 is 2.02 bits per heavy atom. The number of fused-ring (bicyclic) bond motifs is 1. The van der Waals surface area contributed by atoms with Crippen LogP contribution in [0.4, 0.5) is 0 Å². The average Bonchev–Trinajstić information content (AvgIpc) is 2.93. The predicted octanol–water partition coefficient (Wildman–Crippen LogP) is 7.84. The number of rotatable bonds is 17. The molecule has 5 N–H and O–H groups in total. The first kappa shape index (κ1) is 32.0. The van der Waals surface area contributed by atoms with Crippen molar-refractivity contribution in [3.63, 3.8) is 0 Å². The zero-order valence-electron chi connectivity index (χ0n) is 24.2. The summed E-state index contributed by atoms with van der Waals surface area (Å²) < 4.78 is 11.7. The van der Waals surface area contributed by atoms with Gasteiger partial charge >= 0.3 is 5.97 Å². The quantitative estimate of drug-likeness (QED) is 0.0561. The number of ether oxygens (including phenoxy) is 2. The third-order valence-corrected chi connectivity index (χ3v) is 7.51. The lowest BCUT2D eigenvalue weighted by Gasteiger charge is -2.34. The van der Waals surface area contributed by atoms with E-state index in [0.29, 0.717) is 12.0 Å². The minimum atomic E-state index is -0.945. The summed E-state index contributed by atoms with van der Waals surface area (Å²) in [6, 6.07) is 4.96. The van der Waals surface area contributed by atoms with Gasteiger partial charge in [-0.05, 0) is 44.2 Å². The van der Waals surface area contributed by atoms with E-state index in [4.69, 9.17) is 9.47 Å². The van der Waals surface area contributed by atoms with E-state index in [1.54, 1.807) is 0 Å². The van der Waals surface area contributed by atoms with Gasteiger partial charge < -0.3 is 35.0 Å². The normalized spacial score (nSPS) is 16.4. The topological polar surface area (TPSA) is 137 Å². The number of benzene rings is 2. The molecule has 3 rings (SSSR count). The molecule has 1 aliphatic heterocycles. The van der Waals surface area contributed by atoms with E-state index in [1.165, 1.54) is 69.2 Å². The van der Waals surface area contributed by atoms with Crippen LogP contribution in [0.15, 0.2) is 36.4 Å². The molecule has 2 aromatic rings. The van der Waals surface area contributed by atoms with Crippen LogP contribution >= 0.6 is 0 Å². The Hall–Kier alpha value is -3.55. The SMILES string of the molecule is CCCCCCCC/C=C\CCCCCCCC(=O)O[C@@H]1Cc2c(O)cc(O)cc2O[C@@H]1c1cc(O)c(O)c(O)c1. The second-order valence-corrected chi connectivity index (χ2v) is 11.0. The molecule has 0 saturated heterocycles. The summed E-state index contributed by atoms with van der Waals surface area (Å²) in [6.07, 6.45) is 18.3. The van der Waals surface area contributed by atoms with E-state index >= 15 is 0 Å². The van der Waals surface area contributed by atoms with Gasteiger partial charge in [-0.1, -0.05) is 70.4 Å². The molecule has 1 aliphatic rings. The molecule has 1 heterocycles. The molecule has 0 radical (unpaired) electrons. The van der Waals surface area contributed by atoms with Crippen molar-refractivity contribution in [1.82, 2.24) is 0 Å². The van der Waals surface area contributed by atoms with Crippen LogP contribution in [-0.4, -0.2) is 37.6 Å². The molecule has 0 aromatic heterocycles. The zero-order chi connectivity index (χ0) is 29.6. The van der Waals surface area contributed by atoms with Gasteiger partial charge in [0.05, 0.1) is 0 Å². The summed E-state index contributed by atoms with van der Waals surface area (Å²) in [6.45, 7) is 2.24. The van der Waals surface area contributed by atoms with Crippen LogP contribution in [0, 0.1) is 0 Å². The van der Waals surface area contributed by atoms with Crippen molar-refractivity contribution < 1.29 is 39.8 Å². The fraction of sp³-hybridized carbons (Fsp3) is 0.545. The molecule has 0 fully saturated rings. The van der Waals surface area contributed by atoms with Gasteiger partial charge in [0.25, 0.3) is 0 Å². The Balaban J connectivity index is 1.42. The van der Waals surface area contributed by atoms with Gasteiger partial charge in [0.2, 0.25) is 0 Å². The maximum absolute atomic E-state index is 12.7. The second-order valence-electron chi connectivity index (χ2n) is 11.0. The molecular formula is C33H46O8. The number of carbonyl (C=O) groups is 1. The maximum atomic E-state index is 12.7. The standard InChI is InChI=1S/C33H46O8/c1-2-3-4-5-6-7-8-9-10-11-12-13-14-15-16-17-31(38)40-30-22-25-26(35)20-24(34)21-29(25)41-33(30)23-18-27(36)32(39)28(37)19-23/h9-10,18-21,30,33-37,39H,2-8,11-17,22H2,1H3/b10-9-/t30-,33-/m1/s1. The zero-order valence-corrected chi connectivity index (χ0v) is 24.2. The van der Waals surface area contributed by atoms with Crippen LogP contribution < -0.4 is 4.74 Å². The number of hydrogen-bond acceptors (Lipinski definition) is 8. The lowest BCUT2D eigenvalue weighted by molar-refractivity contribution is -0.155. The largest absolute Gasteiger partial charge is 0.508 e. The summed E-state index contributed by atoms with van der Waals surface area (Å²) >= 11 is 0. The third kappa shape index (κ3) is 10.1. The predicted molar refractivity (Wildman–Crippen MR) is 158 cm³/mol. The third-order valence-electron chi connectivity index (χ3n) is 7.51. The van der Waals surface area contributed by atoms with Gasteiger partial charge in [-0.2, -0.15) is 0 Å². The van der Waals surface area contributed by atoms with Crippen molar-refractivity contribution in [2.75, 3.05) is 0 Å².